The van der Waals surface area contributed by atoms with Crippen LogP contribution in [0.4, 0.5) is 4.39 Å². The summed E-state index contributed by atoms with van der Waals surface area (Å²) in [5.74, 6) is 0.535. The molecule has 180 valence electrons. The Kier molecular flexibility index (Phi) is 6.76. The Balaban J connectivity index is 1.43. The lowest BCUT2D eigenvalue weighted by Gasteiger charge is -2.32. The standard InChI is InChI=1S/C25H29FN4O3S/c1-14-15(2)23-12-21(14)24(30-23)25(31)29-19(13-27)10-18-5-4-17(11-22(18)26)16-6-8-20(9-7-16)34(32,33)28-3/h4-9,11,14-15,19,21,23-24,28,30H,10,12H2,1-3H3,(H,29,31)/t14-,15+,19+,21+,23+,24+/m1/s1. The molecule has 0 unspecified atom stereocenters. The third-order valence-corrected chi connectivity index (χ3v) is 8.92. The Morgan fingerprint density at radius 2 is 1.85 bits per heavy atom. The third-order valence-electron chi connectivity index (χ3n) is 7.49. The minimum absolute atomic E-state index is 0.0560. The maximum Gasteiger partial charge on any atom is 0.240 e. The fourth-order valence-corrected chi connectivity index (χ4v) is 5.94. The van der Waals surface area contributed by atoms with Crippen LogP contribution < -0.4 is 15.4 Å². The molecule has 2 aliphatic rings. The molecule has 1 aliphatic carbocycles. The summed E-state index contributed by atoms with van der Waals surface area (Å²) in [7, 11) is -2.21. The van der Waals surface area contributed by atoms with Crippen LogP contribution in [-0.2, 0) is 21.2 Å². The van der Waals surface area contributed by atoms with Crippen LogP contribution in [0.15, 0.2) is 47.4 Å². The molecular formula is C25H29FN4O3S. The largest absolute Gasteiger partial charge is 0.339 e. The van der Waals surface area contributed by atoms with Gasteiger partial charge in [0.15, 0.2) is 0 Å². The molecule has 4 rings (SSSR count). The van der Waals surface area contributed by atoms with Crippen LogP contribution in [-0.4, -0.2) is 39.5 Å². The summed E-state index contributed by atoms with van der Waals surface area (Å²) >= 11 is 0. The highest BCUT2D eigenvalue weighted by Gasteiger charge is 2.51. The molecule has 3 N–H and O–H groups in total. The first-order valence-electron chi connectivity index (χ1n) is 11.4. The summed E-state index contributed by atoms with van der Waals surface area (Å²) in [6.07, 6.45) is 1.02. The van der Waals surface area contributed by atoms with Crippen LogP contribution in [0, 0.1) is 34.9 Å². The van der Waals surface area contributed by atoms with Gasteiger partial charge in [0.25, 0.3) is 0 Å². The summed E-state index contributed by atoms with van der Waals surface area (Å²) in [6, 6.07) is 12.1. The smallest absolute Gasteiger partial charge is 0.240 e. The second kappa shape index (κ2) is 9.45. The van der Waals surface area contributed by atoms with E-state index in [4.69, 9.17) is 0 Å². The minimum atomic E-state index is -3.55. The molecule has 0 aromatic heterocycles. The molecule has 2 bridgehead atoms. The lowest BCUT2D eigenvalue weighted by Crippen LogP contribution is -2.54. The van der Waals surface area contributed by atoms with Gasteiger partial charge in [0.2, 0.25) is 15.9 Å². The Labute approximate surface area is 199 Å². The molecule has 9 heteroatoms. The van der Waals surface area contributed by atoms with Gasteiger partial charge in [0, 0.05) is 12.5 Å². The van der Waals surface area contributed by atoms with Crippen LogP contribution in [0.2, 0.25) is 0 Å². The van der Waals surface area contributed by atoms with E-state index < -0.39 is 21.9 Å². The van der Waals surface area contributed by atoms with Gasteiger partial charge in [0.05, 0.1) is 17.0 Å². The first kappa shape index (κ1) is 24.3. The number of carbonyl (C=O) groups excluding carboxylic acids is 1. The van der Waals surface area contributed by atoms with Gasteiger partial charge in [-0.15, -0.1) is 0 Å². The average Bonchev–Trinajstić information content (AvgIpc) is 3.39. The molecule has 2 fully saturated rings. The molecule has 7 nitrogen and oxygen atoms in total. The molecule has 0 radical (unpaired) electrons. The van der Waals surface area contributed by atoms with E-state index in [1.807, 2.05) is 0 Å². The van der Waals surface area contributed by atoms with Crippen LogP contribution in [0.25, 0.3) is 11.1 Å². The average molecular weight is 485 g/mol. The second-order valence-electron chi connectivity index (χ2n) is 9.30. The van der Waals surface area contributed by atoms with Crippen molar-refractivity contribution >= 4 is 15.9 Å². The molecule has 1 amide bonds. The summed E-state index contributed by atoms with van der Waals surface area (Å²) in [5.41, 5.74) is 1.57. The predicted molar refractivity (Wildman–Crippen MR) is 126 cm³/mol. The van der Waals surface area contributed by atoms with Gasteiger partial charge >= 0.3 is 0 Å². The van der Waals surface area contributed by atoms with Crippen LogP contribution >= 0.6 is 0 Å². The van der Waals surface area contributed by atoms with E-state index in [-0.39, 0.29) is 29.2 Å². The number of carbonyl (C=O) groups is 1. The van der Waals surface area contributed by atoms with Gasteiger partial charge in [-0.05, 0) is 66.1 Å². The maximum atomic E-state index is 14.9. The fraction of sp³-hybridized carbons (Fsp3) is 0.440. The number of halogens is 1. The van der Waals surface area contributed by atoms with Crippen molar-refractivity contribution in [2.24, 2.45) is 17.8 Å². The van der Waals surface area contributed by atoms with Gasteiger partial charge in [-0.2, -0.15) is 5.26 Å². The number of rotatable bonds is 7. The van der Waals surface area contributed by atoms with Crippen molar-refractivity contribution in [2.75, 3.05) is 7.05 Å². The molecular weight excluding hydrogens is 455 g/mol. The summed E-state index contributed by atoms with van der Waals surface area (Å²) < 4.78 is 40.9. The lowest BCUT2D eigenvalue weighted by atomic mass is 9.84. The van der Waals surface area contributed by atoms with Crippen molar-refractivity contribution < 1.29 is 17.6 Å². The number of hydrogen-bond donors (Lipinski definition) is 3. The molecule has 0 spiro atoms. The zero-order valence-electron chi connectivity index (χ0n) is 19.4. The number of amides is 1. The SMILES string of the molecule is CNS(=O)(=O)c1ccc(-c2ccc(C[C@@H](C#N)NC(=O)[C@H]3N[C@H]4C[C@H]3[C@H](C)[C@@H]4C)c(F)c2)cc1. The molecule has 1 saturated heterocycles. The zero-order chi connectivity index (χ0) is 24.6. The number of nitrogens with zero attached hydrogens (tertiary/aromatic N) is 1. The molecule has 1 saturated carbocycles. The van der Waals surface area contributed by atoms with E-state index in [1.54, 1.807) is 24.3 Å². The highest BCUT2D eigenvalue weighted by molar-refractivity contribution is 7.89. The Morgan fingerprint density at radius 1 is 1.18 bits per heavy atom. The summed E-state index contributed by atoms with van der Waals surface area (Å²) in [6.45, 7) is 4.36. The normalized spacial score (nSPS) is 26.7. The van der Waals surface area contributed by atoms with E-state index in [0.29, 0.717) is 34.6 Å². The minimum Gasteiger partial charge on any atom is -0.339 e. The van der Waals surface area contributed by atoms with E-state index in [0.717, 1.165) is 6.42 Å². The van der Waals surface area contributed by atoms with Crippen LogP contribution in [0.1, 0.15) is 25.8 Å². The molecule has 6 atom stereocenters. The molecule has 1 heterocycles. The van der Waals surface area contributed by atoms with Gasteiger partial charge in [-0.3, -0.25) is 4.79 Å². The van der Waals surface area contributed by atoms with Crippen molar-refractivity contribution in [1.82, 2.24) is 15.4 Å². The Bertz CT molecular complexity index is 1220. The monoisotopic (exact) mass is 484 g/mol. The summed E-state index contributed by atoms with van der Waals surface area (Å²) in [5, 5.41) is 15.7. The highest BCUT2D eigenvalue weighted by atomic mass is 32.2. The van der Waals surface area contributed by atoms with Crippen molar-refractivity contribution in [2.45, 2.75) is 49.7 Å². The lowest BCUT2D eigenvalue weighted by molar-refractivity contribution is -0.125. The van der Waals surface area contributed by atoms with E-state index in [2.05, 4.69) is 35.3 Å². The molecule has 2 aromatic carbocycles. The van der Waals surface area contributed by atoms with Crippen LogP contribution in [0.5, 0.6) is 0 Å². The van der Waals surface area contributed by atoms with Crippen molar-refractivity contribution in [1.29, 1.82) is 5.26 Å². The second-order valence-corrected chi connectivity index (χ2v) is 11.2. The predicted octanol–water partition coefficient (Wildman–Crippen LogP) is 2.58. The fourth-order valence-electron chi connectivity index (χ4n) is 5.21. The number of benzene rings is 2. The number of fused-ring (bicyclic) bond motifs is 2. The van der Waals surface area contributed by atoms with E-state index in [9.17, 15) is 22.9 Å². The first-order valence-corrected chi connectivity index (χ1v) is 12.9. The van der Waals surface area contributed by atoms with Gasteiger partial charge in [-0.25, -0.2) is 17.5 Å². The number of nitriles is 1. The van der Waals surface area contributed by atoms with Crippen molar-refractivity contribution in [3.05, 3.63) is 53.8 Å². The van der Waals surface area contributed by atoms with E-state index in [1.165, 1.54) is 25.2 Å². The molecule has 1 aliphatic heterocycles. The Morgan fingerprint density at radius 3 is 2.41 bits per heavy atom. The maximum absolute atomic E-state index is 14.9. The number of hydrogen-bond acceptors (Lipinski definition) is 5. The van der Waals surface area contributed by atoms with E-state index >= 15 is 0 Å². The quantitative estimate of drug-likeness (QED) is 0.559. The summed E-state index contributed by atoms with van der Waals surface area (Å²) in [4.78, 5) is 12.9. The van der Waals surface area contributed by atoms with Crippen molar-refractivity contribution in [3.8, 4) is 17.2 Å². The first-order chi connectivity index (χ1) is 16.1. The van der Waals surface area contributed by atoms with Gasteiger partial charge < -0.3 is 10.6 Å². The number of nitrogens with one attached hydrogen (secondary N) is 3. The molecule has 34 heavy (non-hydrogen) atoms. The third kappa shape index (κ3) is 4.58. The zero-order valence-corrected chi connectivity index (χ0v) is 20.2. The Hall–Kier alpha value is -2.80. The van der Waals surface area contributed by atoms with Crippen molar-refractivity contribution in [3.63, 3.8) is 0 Å². The van der Waals surface area contributed by atoms with Crippen LogP contribution in [0.3, 0.4) is 0 Å². The highest BCUT2D eigenvalue weighted by Crippen LogP contribution is 2.44. The molecule has 2 aromatic rings. The number of sulfonamides is 1. The van der Waals surface area contributed by atoms with Gasteiger partial charge in [0.1, 0.15) is 11.9 Å². The van der Waals surface area contributed by atoms with Gasteiger partial charge in [-0.1, -0.05) is 38.1 Å². The number of piperidine rings is 1. The topological polar surface area (TPSA) is 111 Å².